The summed E-state index contributed by atoms with van der Waals surface area (Å²) in [5.41, 5.74) is 0.571. The van der Waals surface area contributed by atoms with Gasteiger partial charge in [0.2, 0.25) is 10.0 Å². The molecule has 0 unspecified atom stereocenters. The van der Waals surface area contributed by atoms with Crippen LogP contribution in [0.4, 0.5) is 0 Å². The number of rotatable bonds is 6. The summed E-state index contributed by atoms with van der Waals surface area (Å²) < 4.78 is 42.1. The van der Waals surface area contributed by atoms with Crippen LogP contribution in [0.2, 0.25) is 5.02 Å². The third-order valence-corrected chi connectivity index (χ3v) is 7.30. The Kier molecular flexibility index (Phi) is 6.87. The first-order chi connectivity index (χ1) is 14.6. The van der Waals surface area contributed by atoms with Gasteiger partial charge in [0.1, 0.15) is 16.3 Å². The van der Waals surface area contributed by atoms with Gasteiger partial charge in [-0.05, 0) is 32.0 Å². The Morgan fingerprint density at radius 1 is 1.19 bits per heavy atom. The molecule has 1 amide bonds. The van der Waals surface area contributed by atoms with Crippen molar-refractivity contribution in [3.8, 4) is 5.75 Å². The van der Waals surface area contributed by atoms with Crippen LogP contribution in [0.25, 0.3) is 0 Å². The molecule has 0 radical (unpaired) electrons. The van der Waals surface area contributed by atoms with Gasteiger partial charge in [0.15, 0.2) is 12.4 Å². The number of halogens is 1. The van der Waals surface area contributed by atoms with Crippen LogP contribution in [0.1, 0.15) is 21.8 Å². The fraction of sp³-hybridized carbons (Fsp3) is 0.421. The SMILES string of the molecule is COC(=O)c1ccc(OCC(=O)N2CCN(S(=O)(=O)c3c(C)noc3C)CC2)c(Cl)c1. The lowest BCUT2D eigenvalue weighted by atomic mass is 10.2. The number of ether oxygens (including phenoxy) is 2. The largest absolute Gasteiger partial charge is 0.482 e. The van der Waals surface area contributed by atoms with E-state index >= 15 is 0 Å². The van der Waals surface area contributed by atoms with Crippen molar-refractivity contribution >= 4 is 33.5 Å². The molecule has 10 nitrogen and oxygen atoms in total. The standard InChI is InChI=1S/C19H22ClN3O7S/c1-12-18(13(2)30-21-12)31(26,27)23-8-6-22(7-9-23)17(24)11-29-16-5-4-14(10-15(16)20)19(25)28-3/h4-5,10H,6-9,11H2,1-3H3. The van der Waals surface area contributed by atoms with E-state index in [0.29, 0.717) is 5.69 Å². The van der Waals surface area contributed by atoms with Crippen molar-refractivity contribution in [3.63, 3.8) is 0 Å². The summed E-state index contributed by atoms with van der Waals surface area (Å²) in [6.45, 7) is 3.59. The number of nitrogens with zero attached hydrogens (tertiary/aromatic N) is 3. The third kappa shape index (κ3) is 4.83. The van der Waals surface area contributed by atoms with Crippen molar-refractivity contribution in [2.24, 2.45) is 0 Å². The van der Waals surface area contributed by atoms with Gasteiger partial charge in [-0.2, -0.15) is 4.31 Å². The average molecular weight is 472 g/mol. The van der Waals surface area contributed by atoms with E-state index in [4.69, 9.17) is 20.9 Å². The van der Waals surface area contributed by atoms with E-state index in [9.17, 15) is 18.0 Å². The number of carbonyl (C=O) groups excluding carboxylic acids is 2. The summed E-state index contributed by atoms with van der Waals surface area (Å²) in [5.74, 6) is -0.349. The molecule has 31 heavy (non-hydrogen) atoms. The van der Waals surface area contributed by atoms with Crippen LogP contribution in [0.3, 0.4) is 0 Å². The highest BCUT2D eigenvalue weighted by Gasteiger charge is 2.34. The maximum Gasteiger partial charge on any atom is 0.337 e. The molecule has 1 aliphatic heterocycles. The topological polar surface area (TPSA) is 119 Å². The lowest BCUT2D eigenvalue weighted by molar-refractivity contribution is -0.134. The molecule has 0 N–H and O–H groups in total. The summed E-state index contributed by atoms with van der Waals surface area (Å²) in [6.07, 6.45) is 0. The van der Waals surface area contributed by atoms with Crippen molar-refractivity contribution in [2.45, 2.75) is 18.7 Å². The first-order valence-corrected chi connectivity index (χ1v) is 11.2. The van der Waals surface area contributed by atoms with E-state index < -0.39 is 16.0 Å². The number of sulfonamides is 1. The number of hydrogen-bond acceptors (Lipinski definition) is 8. The first-order valence-electron chi connectivity index (χ1n) is 9.36. The number of methoxy groups -OCH3 is 1. The highest BCUT2D eigenvalue weighted by Crippen LogP contribution is 2.26. The number of aryl methyl sites for hydroxylation is 2. The molecule has 1 saturated heterocycles. The number of amides is 1. The van der Waals surface area contributed by atoms with E-state index in [1.165, 1.54) is 34.5 Å². The molecular formula is C19H22ClN3O7S. The molecule has 2 aromatic rings. The van der Waals surface area contributed by atoms with Gasteiger partial charge in [-0.15, -0.1) is 0 Å². The highest BCUT2D eigenvalue weighted by atomic mass is 35.5. The van der Waals surface area contributed by atoms with Gasteiger partial charge < -0.3 is 18.9 Å². The van der Waals surface area contributed by atoms with Crippen molar-refractivity contribution < 1.29 is 32.0 Å². The molecule has 0 aliphatic carbocycles. The molecule has 1 aromatic carbocycles. The van der Waals surface area contributed by atoms with Gasteiger partial charge in [-0.25, -0.2) is 13.2 Å². The molecule has 2 heterocycles. The van der Waals surface area contributed by atoms with Crippen LogP contribution in [-0.4, -0.2) is 74.6 Å². The lowest BCUT2D eigenvalue weighted by Crippen LogP contribution is -2.51. The predicted molar refractivity (Wildman–Crippen MR) is 110 cm³/mol. The number of piperazine rings is 1. The minimum atomic E-state index is -3.75. The molecule has 3 rings (SSSR count). The minimum absolute atomic E-state index is 0.0700. The van der Waals surface area contributed by atoms with Gasteiger partial charge in [0.05, 0.1) is 17.7 Å². The van der Waals surface area contributed by atoms with Crippen LogP contribution in [0.15, 0.2) is 27.6 Å². The van der Waals surface area contributed by atoms with Gasteiger partial charge in [-0.1, -0.05) is 16.8 Å². The van der Waals surface area contributed by atoms with Crippen molar-refractivity contribution in [1.82, 2.24) is 14.4 Å². The van der Waals surface area contributed by atoms with Crippen LogP contribution in [0.5, 0.6) is 5.75 Å². The maximum absolute atomic E-state index is 12.9. The smallest absolute Gasteiger partial charge is 0.337 e. The molecule has 1 aliphatic rings. The molecule has 1 fully saturated rings. The van der Waals surface area contributed by atoms with Gasteiger partial charge in [-0.3, -0.25) is 4.79 Å². The zero-order valence-electron chi connectivity index (χ0n) is 17.3. The fourth-order valence-corrected chi connectivity index (χ4v) is 5.19. The third-order valence-electron chi connectivity index (χ3n) is 4.86. The normalized spacial score (nSPS) is 15.0. The second-order valence-corrected chi connectivity index (χ2v) is 9.15. The second kappa shape index (κ2) is 9.25. The Balaban J connectivity index is 1.57. The molecule has 1 aromatic heterocycles. The molecule has 168 valence electrons. The fourth-order valence-electron chi connectivity index (χ4n) is 3.24. The van der Waals surface area contributed by atoms with E-state index in [0.717, 1.165) is 0 Å². The van der Waals surface area contributed by atoms with Gasteiger partial charge in [0, 0.05) is 26.2 Å². The Bertz CT molecular complexity index is 1070. The van der Waals surface area contributed by atoms with Crippen molar-refractivity contribution in [3.05, 3.63) is 40.2 Å². The first kappa shape index (κ1) is 23.0. The highest BCUT2D eigenvalue weighted by molar-refractivity contribution is 7.89. The summed E-state index contributed by atoms with van der Waals surface area (Å²) in [5, 5.41) is 3.87. The molecule has 0 atom stereocenters. The zero-order chi connectivity index (χ0) is 22.8. The Hall–Kier alpha value is -2.63. The summed E-state index contributed by atoms with van der Waals surface area (Å²) >= 11 is 6.10. The zero-order valence-corrected chi connectivity index (χ0v) is 18.8. The molecule has 12 heteroatoms. The van der Waals surface area contributed by atoms with Gasteiger partial charge >= 0.3 is 5.97 Å². The second-order valence-electron chi connectivity index (χ2n) is 6.86. The quantitative estimate of drug-likeness (QED) is 0.583. The number of carbonyl (C=O) groups is 2. The summed E-state index contributed by atoms with van der Waals surface area (Å²) in [4.78, 5) is 25.6. The van der Waals surface area contributed by atoms with E-state index in [1.54, 1.807) is 13.8 Å². The van der Waals surface area contributed by atoms with E-state index in [2.05, 4.69) is 9.89 Å². The Labute approximate surface area is 184 Å². The van der Waals surface area contributed by atoms with Crippen LogP contribution in [0, 0.1) is 13.8 Å². The Morgan fingerprint density at radius 2 is 1.87 bits per heavy atom. The van der Waals surface area contributed by atoms with E-state index in [-0.39, 0.29) is 65.7 Å². The monoisotopic (exact) mass is 471 g/mol. The molecular weight excluding hydrogens is 450 g/mol. The summed E-state index contributed by atoms with van der Waals surface area (Å²) in [7, 11) is -2.49. The van der Waals surface area contributed by atoms with Crippen molar-refractivity contribution in [1.29, 1.82) is 0 Å². The van der Waals surface area contributed by atoms with Crippen LogP contribution in [-0.2, 0) is 19.6 Å². The number of benzene rings is 1. The lowest BCUT2D eigenvalue weighted by Gasteiger charge is -2.33. The number of esters is 1. The van der Waals surface area contributed by atoms with Crippen molar-refractivity contribution in [2.75, 3.05) is 39.9 Å². The van der Waals surface area contributed by atoms with E-state index in [1.807, 2.05) is 0 Å². The van der Waals surface area contributed by atoms with Crippen LogP contribution >= 0.6 is 11.6 Å². The molecule has 0 bridgehead atoms. The summed E-state index contributed by atoms with van der Waals surface area (Å²) in [6, 6.07) is 4.36. The predicted octanol–water partition coefficient (Wildman–Crippen LogP) is 1.64. The average Bonchev–Trinajstić information content (AvgIpc) is 3.10. The minimum Gasteiger partial charge on any atom is -0.482 e. The molecule has 0 saturated carbocycles. The van der Waals surface area contributed by atoms with Gasteiger partial charge in [0.25, 0.3) is 5.91 Å². The number of hydrogen-bond donors (Lipinski definition) is 0. The number of aromatic nitrogens is 1. The Morgan fingerprint density at radius 3 is 2.42 bits per heavy atom. The maximum atomic E-state index is 12.9. The molecule has 0 spiro atoms. The van der Waals surface area contributed by atoms with Crippen LogP contribution < -0.4 is 4.74 Å².